The highest BCUT2D eigenvalue weighted by atomic mass is 13.9. The Hall–Kier alpha value is -1.22. The van der Waals surface area contributed by atoms with Crippen molar-refractivity contribution < 1.29 is 0 Å². The van der Waals surface area contributed by atoms with Crippen molar-refractivity contribution in [3.05, 3.63) is 36.5 Å². The average Bonchev–Trinajstić information content (AvgIpc) is 2.04. The van der Waals surface area contributed by atoms with Crippen molar-refractivity contribution in [3.8, 4) is 11.8 Å². The molecule has 0 fully saturated rings. The average molecular weight is 174 g/mol. The van der Waals surface area contributed by atoms with E-state index in [0.29, 0.717) is 0 Å². The minimum atomic E-state index is 0.752. The molecule has 0 saturated carbocycles. The van der Waals surface area contributed by atoms with Crippen LogP contribution in [0.3, 0.4) is 0 Å². The molecule has 0 aromatic rings. The fourth-order valence-electron chi connectivity index (χ4n) is 0.846. The standard InChI is InChI=1S/C13H18/c1-5-6-7-10-13(4)11-8-9-12(2)3/h5,9H,1,4,6,8,11H2,2-3H3. The Bertz CT molecular complexity index is 251. The van der Waals surface area contributed by atoms with Crippen LogP contribution in [0.25, 0.3) is 0 Å². The summed E-state index contributed by atoms with van der Waals surface area (Å²) in [5, 5.41) is 0. The maximum Gasteiger partial charge on any atom is 0.0270 e. The van der Waals surface area contributed by atoms with E-state index in [0.717, 1.165) is 24.8 Å². The zero-order chi connectivity index (χ0) is 10.1. The highest BCUT2D eigenvalue weighted by Crippen LogP contribution is 2.03. The van der Waals surface area contributed by atoms with Gasteiger partial charge in [0, 0.05) is 6.42 Å². The van der Waals surface area contributed by atoms with Crippen molar-refractivity contribution in [2.24, 2.45) is 0 Å². The fraction of sp³-hybridized carbons (Fsp3) is 0.385. The van der Waals surface area contributed by atoms with Gasteiger partial charge in [-0.3, -0.25) is 0 Å². The molecule has 0 aromatic heterocycles. The van der Waals surface area contributed by atoms with Gasteiger partial charge in [0.1, 0.15) is 0 Å². The molecule has 0 aromatic carbocycles. The summed E-state index contributed by atoms with van der Waals surface area (Å²) < 4.78 is 0. The summed E-state index contributed by atoms with van der Waals surface area (Å²) >= 11 is 0. The van der Waals surface area contributed by atoms with E-state index in [2.05, 4.69) is 44.9 Å². The van der Waals surface area contributed by atoms with Crippen LogP contribution in [0.2, 0.25) is 0 Å². The number of hydrogen-bond donors (Lipinski definition) is 0. The Morgan fingerprint density at radius 3 is 2.62 bits per heavy atom. The van der Waals surface area contributed by atoms with Crippen LogP contribution < -0.4 is 0 Å². The van der Waals surface area contributed by atoms with Crippen LogP contribution in [-0.4, -0.2) is 0 Å². The first-order chi connectivity index (χ1) is 6.16. The van der Waals surface area contributed by atoms with Crippen LogP contribution in [-0.2, 0) is 0 Å². The summed E-state index contributed by atoms with van der Waals surface area (Å²) in [7, 11) is 0. The Morgan fingerprint density at radius 1 is 1.38 bits per heavy atom. The second-order valence-corrected chi connectivity index (χ2v) is 3.22. The molecule has 0 bridgehead atoms. The minimum absolute atomic E-state index is 0.752. The molecule has 0 radical (unpaired) electrons. The summed E-state index contributed by atoms with van der Waals surface area (Å²) in [5.74, 6) is 6.00. The maximum absolute atomic E-state index is 3.89. The highest BCUT2D eigenvalue weighted by Gasteiger charge is 1.86. The van der Waals surface area contributed by atoms with Gasteiger partial charge >= 0.3 is 0 Å². The molecule has 0 N–H and O–H groups in total. The molecule has 0 unspecified atom stereocenters. The summed E-state index contributed by atoms with van der Waals surface area (Å²) in [6.45, 7) is 11.7. The third-order valence-electron chi connectivity index (χ3n) is 1.51. The molecule has 0 atom stereocenters. The Balaban J connectivity index is 3.71. The van der Waals surface area contributed by atoms with E-state index in [1.807, 2.05) is 0 Å². The molecule has 0 heterocycles. The molecule has 0 saturated heterocycles. The zero-order valence-corrected chi connectivity index (χ0v) is 8.69. The van der Waals surface area contributed by atoms with Crippen molar-refractivity contribution in [3.63, 3.8) is 0 Å². The first kappa shape index (κ1) is 11.8. The lowest BCUT2D eigenvalue weighted by atomic mass is 10.1. The van der Waals surface area contributed by atoms with Gasteiger partial charge in [0.05, 0.1) is 0 Å². The second kappa shape index (κ2) is 7.43. The lowest BCUT2D eigenvalue weighted by Crippen LogP contribution is -1.76. The van der Waals surface area contributed by atoms with Gasteiger partial charge in [0.2, 0.25) is 0 Å². The summed E-state index contributed by atoms with van der Waals surface area (Å²) in [6.07, 6.45) is 6.78. The molecule has 0 nitrogen and oxygen atoms in total. The lowest BCUT2D eigenvalue weighted by molar-refractivity contribution is 1.01. The van der Waals surface area contributed by atoms with Gasteiger partial charge in [0.15, 0.2) is 0 Å². The molecule has 0 aliphatic carbocycles. The van der Waals surface area contributed by atoms with Crippen LogP contribution >= 0.6 is 0 Å². The van der Waals surface area contributed by atoms with Crippen LogP contribution in [0, 0.1) is 11.8 Å². The SMILES string of the molecule is C=CCC#CC(=C)CCC=C(C)C. The van der Waals surface area contributed by atoms with Gasteiger partial charge in [-0.2, -0.15) is 0 Å². The predicted molar refractivity (Wildman–Crippen MR) is 60.4 cm³/mol. The Morgan fingerprint density at radius 2 is 2.08 bits per heavy atom. The zero-order valence-electron chi connectivity index (χ0n) is 8.69. The van der Waals surface area contributed by atoms with Crippen LogP contribution in [0.1, 0.15) is 33.1 Å². The van der Waals surface area contributed by atoms with Gasteiger partial charge in [-0.1, -0.05) is 36.1 Å². The number of rotatable bonds is 4. The van der Waals surface area contributed by atoms with E-state index in [9.17, 15) is 0 Å². The minimum Gasteiger partial charge on any atom is -0.102 e. The van der Waals surface area contributed by atoms with E-state index in [1.54, 1.807) is 6.08 Å². The van der Waals surface area contributed by atoms with Crippen molar-refractivity contribution in [1.29, 1.82) is 0 Å². The first-order valence-electron chi connectivity index (χ1n) is 4.57. The topological polar surface area (TPSA) is 0 Å². The molecule has 0 heteroatoms. The Kier molecular flexibility index (Phi) is 6.73. The Labute approximate surface area is 82.0 Å². The molecule has 13 heavy (non-hydrogen) atoms. The third kappa shape index (κ3) is 8.69. The van der Waals surface area contributed by atoms with Crippen molar-refractivity contribution in [1.82, 2.24) is 0 Å². The van der Waals surface area contributed by atoms with Crippen molar-refractivity contribution in [2.45, 2.75) is 33.1 Å². The molecule has 0 spiro atoms. The monoisotopic (exact) mass is 174 g/mol. The fourth-order valence-corrected chi connectivity index (χ4v) is 0.846. The first-order valence-corrected chi connectivity index (χ1v) is 4.57. The largest absolute Gasteiger partial charge is 0.102 e. The number of hydrogen-bond acceptors (Lipinski definition) is 0. The van der Waals surface area contributed by atoms with E-state index in [1.165, 1.54) is 5.57 Å². The quantitative estimate of drug-likeness (QED) is 0.448. The van der Waals surface area contributed by atoms with E-state index < -0.39 is 0 Å². The van der Waals surface area contributed by atoms with E-state index in [4.69, 9.17) is 0 Å². The smallest absolute Gasteiger partial charge is 0.0270 e. The van der Waals surface area contributed by atoms with Gasteiger partial charge in [0.25, 0.3) is 0 Å². The van der Waals surface area contributed by atoms with E-state index in [-0.39, 0.29) is 0 Å². The lowest BCUT2D eigenvalue weighted by Gasteiger charge is -1.93. The van der Waals surface area contributed by atoms with Crippen molar-refractivity contribution in [2.75, 3.05) is 0 Å². The molecule has 0 aliphatic heterocycles. The molecule has 70 valence electrons. The summed E-state index contributed by atoms with van der Waals surface area (Å²) in [4.78, 5) is 0. The summed E-state index contributed by atoms with van der Waals surface area (Å²) in [6, 6.07) is 0. The van der Waals surface area contributed by atoms with Crippen molar-refractivity contribution >= 4 is 0 Å². The molecule has 0 rings (SSSR count). The van der Waals surface area contributed by atoms with Gasteiger partial charge in [-0.05, 0) is 32.3 Å². The van der Waals surface area contributed by atoms with Crippen LogP contribution in [0.5, 0.6) is 0 Å². The van der Waals surface area contributed by atoms with Gasteiger partial charge in [-0.25, -0.2) is 0 Å². The van der Waals surface area contributed by atoms with Crippen LogP contribution in [0.4, 0.5) is 0 Å². The number of allylic oxidation sites excluding steroid dienone is 4. The van der Waals surface area contributed by atoms with Gasteiger partial charge in [-0.15, -0.1) is 6.58 Å². The maximum atomic E-state index is 3.89. The predicted octanol–water partition coefficient (Wildman–Crippen LogP) is 3.87. The molecule has 0 aliphatic rings. The van der Waals surface area contributed by atoms with Gasteiger partial charge < -0.3 is 0 Å². The second-order valence-electron chi connectivity index (χ2n) is 3.22. The van der Waals surface area contributed by atoms with E-state index >= 15 is 0 Å². The third-order valence-corrected chi connectivity index (χ3v) is 1.51. The van der Waals surface area contributed by atoms with Crippen LogP contribution in [0.15, 0.2) is 36.5 Å². The summed E-state index contributed by atoms with van der Waals surface area (Å²) in [5.41, 5.74) is 2.37. The normalized spacial score (nSPS) is 8.15. The molecule has 0 amide bonds. The molecular weight excluding hydrogens is 156 g/mol. The highest BCUT2D eigenvalue weighted by molar-refractivity contribution is 5.26. The molecular formula is C13H18.